The average Bonchev–Trinajstić information content (AvgIpc) is 3.35. The highest BCUT2D eigenvalue weighted by atomic mass is 16.5. The second kappa shape index (κ2) is 8.02. The van der Waals surface area contributed by atoms with Gasteiger partial charge in [-0.1, -0.05) is 24.3 Å². The molecule has 1 fully saturated rings. The van der Waals surface area contributed by atoms with Crippen LogP contribution in [-0.4, -0.2) is 47.9 Å². The number of carbonyl (C=O) groups excluding carboxylic acids is 2. The average molecular weight is 379 g/mol. The zero-order chi connectivity index (χ0) is 19.5. The van der Waals surface area contributed by atoms with Crippen LogP contribution in [0.3, 0.4) is 0 Å². The van der Waals surface area contributed by atoms with Gasteiger partial charge in [0, 0.05) is 25.3 Å². The molecule has 4 rings (SSSR count). The molecule has 2 heterocycles. The molecule has 2 aliphatic rings. The van der Waals surface area contributed by atoms with Crippen molar-refractivity contribution in [2.24, 2.45) is 0 Å². The zero-order valence-electron chi connectivity index (χ0n) is 16.1. The Morgan fingerprint density at radius 2 is 1.75 bits per heavy atom. The highest BCUT2D eigenvalue weighted by Crippen LogP contribution is 2.24. The van der Waals surface area contributed by atoms with Crippen LogP contribution in [0.5, 0.6) is 5.75 Å². The molecule has 28 heavy (non-hydrogen) atoms. The van der Waals surface area contributed by atoms with Crippen molar-refractivity contribution >= 4 is 17.5 Å². The maximum absolute atomic E-state index is 12.9. The Morgan fingerprint density at radius 3 is 2.39 bits per heavy atom. The second-order valence-corrected chi connectivity index (χ2v) is 7.38. The number of hydrogen-bond acceptors (Lipinski definition) is 4. The van der Waals surface area contributed by atoms with Gasteiger partial charge < -0.3 is 15.0 Å². The van der Waals surface area contributed by atoms with Gasteiger partial charge in [-0.05, 0) is 48.2 Å². The van der Waals surface area contributed by atoms with Crippen LogP contribution < -0.4 is 10.1 Å². The number of benzene rings is 2. The zero-order valence-corrected chi connectivity index (χ0v) is 16.1. The first-order valence-electron chi connectivity index (χ1n) is 9.67. The fourth-order valence-electron chi connectivity index (χ4n) is 4.04. The van der Waals surface area contributed by atoms with Gasteiger partial charge in [0.05, 0.1) is 13.7 Å². The van der Waals surface area contributed by atoms with Crippen LogP contribution in [0.2, 0.25) is 0 Å². The first-order chi connectivity index (χ1) is 13.6. The van der Waals surface area contributed by atoms with E-state index in [1.54, 1.807) is 36.3 Å². The first kappa shape index (κ1) is 18.5. The van der Waals surface area contributed by atoms with Gasteiger partial charge >= 0.3 is 0 Å². The smallest absolute Gasteiger partial charge is 0.247 e. The van der Waals surface area contributed by atoms with Crippen molar-refractivity contribution in [2.75, 3.05) is 25.5 Å². The van der Waals surface area contributed by atoms with Gasteiger partial charge in [-0.25, -0.2) is 0 Å². The van der Waals surface area contributed by atoms with Crippen LogP contribution >= 0.6 is 0 Å². The minimum absolute atomic E-state index is 0.0280. The summed E-state index contributed by atoms with van der Waals surface area (Å²) >= 11 is 0. The fourth-order valence-corrected chi connectivity index (χ4v) is 4.04. The molecule has 2 aliphatic heterocycles. The lowest BCUT2D eigenvalue weighted by atomic mass is 10.1. The molecule has 2 aromatic rings. The molecule has 0 unspecified atom stereocenters. The van der Waals surface area contributed by atoms with Crippen LogP contribution in [0.15, 0.2) is 48.5 Å². The fraction of sp³-hybridized carbons (Fsp3) is 0.364. The molecule has 0 bridgehead atoms. The number of hydrogen-bond donors (Lipinski definition) is 1. The molecule has 0 aromatic heterocycles. The van der Waals surface area contributed by atoms with E-state index in [-0.39, 0.29) is 11.8 Å². The lowest BCUT2D eigenvalue weighted by molar-refractivity contribution is -0.137. The molecule has 146 valence electrons. The summed E-state index contributed by atoms with van der Waals surface area (Å²) in [6.45, 7) is 2.57. The van der Waals surface area contributed by atoms with Crippen molar-refractivity contribution in [1.29, 1.82) is 0 Å². The number of methoxy groups -OCH3 is 1. The molecule has 0 aliphatic carbocycles. The predicted molar refractivity (Wildman–Crippen MR) is 107 cm³/mol. The van der Waals surface area contributed by atoms with Gasteiger partial charge in [0.1, 0.15) is 11.8 Å². The first-order valence-corrected chi connectivity index (χ1v) is 9.67. The minimum Gasteiger partial charge on any atom is -0.497 e. The molecule has 6 heteroatoms. The SMILES string of the molecule is COc1ccc(NC(=O)[C@@H]2CCCN2C(=O)CN2Cc3ccccc3C2)cc1. The van der Waals surface area contributed by atoms with E-state index >= 15 is 0 Å². The summed E-state index contributed by atoms with van der Waals surface area (Å²) in [4.78, 5) is 29.5. The molecule has 0 spiro atoms. The molecular weight excluding hydrogens is 354 g/mol. The minimum atomic E-state index is -0.403. The van der Waals surface area contributed by atoms with Crippen LogP contribution in [0, 0.1) is 0 Å². The Morgan fingerprint density at radius 1 is 1.07 bits per heavy atom. The maximum atomic E-state index is 12.9. The van der Waals surface area contributed by atoms with E-state index in [1.165, 1.54) is 11.1 Å². The van der Waals surface area contributed by atoms with Crippen molar-refractivity contribution in [3.8, 4) is 5.75 Å². The summed E-state index contributed by atoms with van der Waals surface area (Å²) in [7, 11) is 1.61. The van der Waals surface area contributed by atoms with E-state index in [4.69, 9.17) is 4.74 Å². The molecule has 1 saturated heterocycles. The molecule has 6 nitrogen and oxygen atoms in total. The predicted octanol–water partition coefficient (Wildman–Crippen LogP) is 2.64. The number of amides is 2. The van der Waals surface area contributed by atoms with E-state index in [9.17, 15) is 9.59 Å². The van der Waals surface area contributed by atoms with Crippen molar-refractivity contribution in [2.45, 2.75) is 32.0 Å². The van der Waals surface area contributed by atoms with Crippen LogP contribution in [-0.2, 0) is 22.7 Å². The summed E-state index contributed by atoms with van der Waals surface area (Å²) in [5.41, 5.74) is 3.27. The summed E-state index contributed by atoms with van der Waals surface area (Å²) in [6, 6.07) is 15.1. The summed E-state index contributed by atoms with van der Waals surface area (Å²) in [5.74, 6) is 0.642. The number of carbonyl (C=O) groups is 2. The van der Waals surface area contributed by atoms with Gasteiger partial charge in [-0.15, -0.1) is 0 Å². The molecule has 1 atom stereocenters. The van der Waals surface area contributed by atoms with Gasteiger partial charge in [-0.2, -0.15) is 0 Å². The van der Waals surface area contributed by atoms with Crippen molar-refractivity contribution in [3.63, 3.8) is 0 Å². The lowest BCUT2D eigenvalue weighted by Gasteiger charge is -2.26. The number of anilines is 1. The molecule has 0 radical (unpaired) electrons. The topological polar surface area (TPSA) is 61.9 Å². The Kier molecular flexibility index (Phi) is 5.30. The third-order valence-electron chi connectivity index (χ3n) is 5.50. The van der Waals surface area contributed by atoms with Crippen molar-refractivity contribution < 1.29 is 14.3 Å². The Balaban J connectivity index is 1.36. The van der Waals surface area contributed by atoms with Gasteiger partial charge in [0.15, 0.2) is 0 Å². The molecule has 2 amide bonds. The monoisotopic (exact) mass is 379 g/mol. The molecule has 1 N–H and O–H groups in total. The van der Waals surface area contributed by atoms with Gasteiger partial charge in [-0.3, -0.25) is 14.5 Å². The summed E-state index contributed by atoms with van der Waals surface area (Å²) in [6.07, 6.45) is 1.56. The van der Waals surface area contributed by atoms with E-state index in [1.807, 2.05) is 12.1 Å². The Labute approximate surface area is 165 Å². The third-order valence-corrected chi connectivity index (χ3v) is 5.50. The molecular formula is C22H25N3O3. The largest absolute Gasteiger partial charge is 0.497 e. The number of likely N-dealkylation sites (tertiary alicyclic amines) is 1. The maximum Gasteiger partial charge on any atom is 0.247 e. The van der Waals surface area contributed by atoms with Crippen LogP contribution in [0.25, 0.3) is 0 Å². The summed E-state index contributed by atoms with van der Waals surface area (Å²) in [5, 5.41) is 2.93. The molecule has 2 aromatic carbocycles. The van der Waals surface area contributed by atoms with E-state index in [0.29, 0.717) is 25.2 Å². The van der Waals surface area contributed by atoms with Crippen LogP contribution in [0.1, 0.15) is 24.0 Å². The van der Waals surface area contributed by atoms with E-state index < -0.39 is 6.04 Å². The second-order valence-electron chi connectivity index (χ2n) is 7.38. The third kappa shape index (κ3) is 3.87. The van der Waals surface area contributed by atoms with Gasteiger partial charge in [0.25, 0.3) is 0 Å². The normalized spacial score (nSPS) is 18.8. The van der Waals surface area contributed by atoms with E-state index in [0.717, 1.165) is 25.3 Å². The Hall–Kier alpha value is -2.86. The van der Waals surface area contributed by atoms with Gasteiger partial charge in [0.2, 0.25) is 11.8 Å². The molecule has 0 saturated carbocycles. The highest BCUT2D eigenvalue weighted by Gasteiger charge is 2.35. The standard InChI is InChI=1S/C22H25N3O3/c1-28-19-10-8-18(9-11-19)23-22(27)20-7-4-12-25(20)21(26)15-24-13-16-5-2-3-6-17(16)14-24/h2-3,5-6,8-11,20H,4,7,12-15H2,1H3,(H,23,27)/t20-/m0/s1. The Bertz CT molecular complexity index is 841. The number of rotatable bonds is 5. The highest BCUT2D eigenvalue weighted by molar-refractivity contribution is 5.97. The van der Waals surface area contributed by atoms with Crippen molar-refractivity contribution in [1.82, 2.24) is 9.80 Å². The number of nitrogens with one attached hydrogen (secondary N) is 1. The van der Waals surface area contributed by atoms with Crippen molar-refractivity contribution in [3.05, 3.63) is 59.7 Å². The van der Waals surface area contributed by atoms with Crippen LogP contribution in [0.4, 0.5) is 5.69 Å². The number of nitrogens with zero attached hydrogens (tertiary/aromatic N) is 2. The number of ether oxygens (including phenoxy) is 1. The number of fused-ring (bicyclic) bond motifs is 1. The lowest BCUT2D eigenvalue weighted by Crippen LogP contribution is -2.46. The quantitative estimate of drug-likeness (QED) is 0.868. The summed E-state index contributed by atoms with van der Waals surface area (Å²) < 4.78 is 5.14. The van der Waals surface area contributed by atoms with E-state index in [2.05, 4.69) is 22.3 Å².